The first kappa shape index (κ1) is 14.1. The van der Waals surface area contributed by atoms with Crippen molar-refractivity contribution in [2.24, 2.45) is 5.41 Å². The Morgan fingerprint density at radius 3 is 2.68 bits per heavy atom. The van der Waals surface area contributed by atoms with E-state index in [1.54, 1.807) is 0 Å². The lowest BCUT2D eigenvalue weighted by Crippen LogP contribution is -2.37. The topological polar surface area (TPSA) is 49.3 Å². The van der Waals surface area contributed by atoms with Crippen LogP contribution in [0.25, 0.3) is 0 Å². The molecule has 0 heterocycles. The summed E-state index contributed by atoms with van der Waals surface area (Å²) < 4.78 is 12.8. The first-order valence-corrected chi connectivity index (χ1v) is 6.92. The van der Waals surface area contributed by atoms with Gasteiger partial charge < -0.3 is 10.4 Å². The predicted octanol–water partition coefficient (Wildman–Crippen LogP) is 3.06. The molecule has 5 heteroatoms. The number of halogens is 2. The van der Waals surface area contributed by atoms with Gasteiger partial charge in [0.25, 0.3) is 5.91 Å². The number of hydrogen-bond donors (Lipinski definition) is 2. The molecule has 2 rings (SSSR count). The lowest BCUT2D eigenvalue weighted by molar-refractivity contribution is 0.0932. The third-order valence-electron chi connectivity index (χ3n) is 3.78. The van der Waals surface area contributed by atoms with Crippen LogP contribution in [0, 0.1) is 11.2 Å². The molecule has 0 atom stereocenters. The SMILES string of the molecule is O=C(NCC1(CCl)CCCC1)c1ccc(F)cc1O. The summed E-state index contributed by atoms with van der Waals surface area (Å²) in [6, 6.07) is 3.37. The average Bonchev–Trinajstić information content (AvgIpc) is 2.85. The Balaban J connectivity index is 2.01. The van der Waals surface area contributed by atoms with E-state index in [-0.39, 0.29) is 16.7 Å². The minimum atomic E-state index is -0.568. The molecule has 0 aromatic heterocycles. The van der Waals surface area contributed by atoms with Gasteiger partial charge in [-0.3, -0.25) is 4.79 Å². The molecular formula is C14H17ClFNO2. The number of rotatable bonds is 4. The van der Waals surface area contributed by atoms with Crippen molar-refractivity contribution in [3.8, 4) is 5.75 Å². The van der Waals surface area contributed by atoms with E-state index in [1.807, 2.05) is 0 Å². The Labute approximate surface area is 116 Å². The fraction of sp³-hybridized carbons (Fsp3) is 0.500. The van der Waals surface area contributed by atoms with Gasteiger partial charge in [-0.15, -0.1) is 11.6 Å². The van der Waals surface area contributed by atoms with Gasteiger partial charge in [-0.05, 0) is 25.0 Å². The van der Waals surface area contributed by atoms with Crippen molar-refractivity contribution in [3.63, 3.8) is 0 Å². The van der Waals surface area contributed by atoms with E-state index >= 15 is 0 Å². The molecule has 19 heavy (non-hydrogen) atoms. The summed E-state index contributed by atoms with van der Waals surface area (Å²) in [5, 5.41) is 12.3. The second-order valence-electron chi connectivity index (χ2n) is 5.18. The fourth-order valence-electron chi connectivity index (χ4n) is 2.54. The number of nitrogens with one attached hydrogen (secondary N) is 1. The quantitative estimate of drug-likeness (QED) is 0.835. The fourth-order valence-corrected chi connectivity index (χ4v) is 2.90. The molecule has 1 aromatic rings. The smallest absolute Gasteiger partial charge is 0.255 e. The van der Waals surface area contributed by atoms with Crippen LogP contribution >= 0.6 is 11.6 Å². The summed E-state index contributed by atoms with van der Waals surface area (Å²) in [6.45, 7) is 0.492. The van der Waals surface area contributed by atoms with Gasteiger partial charge in [0.2, 0.25) is 0 Å². The zero-order valence-electron chi connectivity index (χ0n) is 10.6. The molecule has 0 radical (unpaired) electrons. The molecule has 104 valence electrons. The molecule has 0 spiro atoms. The van der Waals surface area contributed by atoms with E-state index in [1.165, 1.54) is 6.07 Å². The van der Waals surface area contributed by atoms with E-state index in [9.17, 15) is 14.3 Å². The van der Waals surface area contributed by atoms with Gasteiger partial charge in [-0.1, -0.05) is 12.8 Å². The van der Waals surface area contributed by atoms with Crippen molar-refractivity contribution in [3.05, 3.63) is 29.6 Å². The number of amides is 1. The molecular weight excluding hydrogens is 269 g/mol. The van der Waals surface area contributed by atoms with Crippen molar-refractivity contribution in [2.45, 2.75) is 25.7 Å². The number of hydrogen-bond acceptors (Lipinski definition) is 2. The third kappa shape index (κ3) is 3.18. The van der Waals surface area contributed by atoms with Crippen molar-refractivity contribution >= 4 is 17.5 Å². The molecule has 3 nitrogen and oxygen atoms in total. The van der Waals surface area contributed by atoms with Crippen molar-refractivity contribution < 1.29 is 14.3 Å². The Kier molecular flexibility index (Phi) is 4.30. The second kappa shape index (κ2) is 5.78. The van der Waals surface area contributed by atoms with E-state index < -0.39 is 11.7 Å². The van der Waals surface area contributed by atoms with Crippen LogP contribution in [0.4, 0.5) is 4.39 Å². The summed E-state index contributed by atoms with van der Waals surface area (Å²) in [5.41, 5.74) is 0.0523. The number of carbonyl (C=O) groups excluding carboxylic acids is 1. The monoisotopic (exact) mass is 285 g/mol. The molecule has 0 saturated heterocycles. The normalized spacial score (nSPS) is 17.4. The van der Waals surface area contributed by atoms with Crippen LogP contribution in [0.3, 0.4) is 0 Å². The van der Waals surface area contributed by atoms with Gasteiger partial charge >= 0.3 is 0 Å². The van der Waals surface area contributed by atoms with Gasteiger partial charge in [0.1, 0.15) is 11.6 Å². The number of benzene rings is 1. The van der Waals surface area contributed by atoms with E-state index in [0.29, 0.717) is 12.4 Å². The predicted molar refractivity (Wildman–Crippen MR) is 72.0 cm³/mol. The highest BCUT2D eigenvalue weighted by molar-refractivity contribution is 6.18. The summed E-state index contributed by atoms with van der Waals surface area (Å²) in [6.07, 6.45) is 4.27. The van der Waals surface area contributed by atoms with Crippen molar-refractivity contribution in [2.75, 3.05) is 12.4 Å². The van der Waals surface area contributed by atoms with Crippen LogP contribution in [0.2, 0.25) is 0 Å². The van der Waals surface area contributed by atoms with E-state index in [0.717, 1.165) is 37.8 Å². The molecule has 1 amide bonds. The summed E-state index contributed by atoms with van der Waals surface area (Å²) in [5.74, 6) is -0.789. The number of carbonyl (C=O) groups is 1. The Morgan fingerprint density at radius 1 is 1.42 bits per heavy atom. The molecule has 1 aliphatic carbocycles. The number of phenolic OH excluding ortho intramolecular Hbond substituents is 1. The molecule has 0 unspecified atom stereocenters. The van der Waals surface area contributed by atoms with Crippen molar-refractivity contribution in [1.82, 2.24) is 5.32 Å². The van der Waals surface area contributed by atoms with Crippen molar-refractivity contribution in [1.29, 1.82) is 0 Å². The zero-order valence-corrected chi connectivity index (χ0v) is 11.3. The maximum Gasteiger partial charge on any atom is 0.255 e. The van der Waals surface area contributed by atoms with E-state index in [4.69, 9.17) is 11.6 Å². The third-order valence-corrected chi connectivity index (χ3v) is 4.34. The lowest BCUT2D eigenvalue weighted by atomic mass is 9.88. The molecule has 2 N–H and O–H groups in total. The summed E-state index contributed by atoms with van der Waals surface area (Å²) in [7, 11) is 0. The zero-order chi connectivity index (χ0) is 13.9. The maximum absolute atomic E-state index is 12.8. The Bertz CT molecular complexity index is 473. The number of alkyl halides is 1. The van der Waals surface area contributed by atoms with Crippen LogP contribution in [0.15, 0.2) is 18.2 Å². The van der Waals surface area contributed by atoms with Gasteiger partial charge in [0.05, 0.1) is 5.56 Å². The second-order valence-corrected chi connectivity index (χ2v) is 5.45. The maximum atomic E-state index is 12.8. The van der Waals surface area contributed by atoms with Gasteiger partial charge in [0, 0.05) is 23.9 Å². The van der Waals surface area contributed by atoms with Crippen LogP contribution in [-0.2, 0) is 0 Å². The standard InChI is InChI=1S/C14H17ClFNO2/c15-8-14(5-1-2-6-14)9-17-13(19)11-4-3-10(16)7-12(11)18/h3-4,7,18H,1-2,5-6,8-9H2,(H,17,19). The molecule has 1 fully saturated rings. The van der Waals surface area contributed by atoms with Crippen LogP contribution in [0.1, 0.15) is 36.0 Å². The van der Waals surface area contributed by atoms with Crippen LogP contribution in [0.5, 0.6) is 5.75 Å². The first-order chi connectivity index (χ1) is 9.06. The first-order valence-electron chi connectivity index (χ1n) is 6.39. The number of aromatic hydroxyl groups is 1. The largest absolute Gasteiger partial charge is 0.507 e. The summed E-state index contributed by atoms with van der Waals surface area (Å²) >= 11 is 6.00. The molecule has 1 aliphatic rings. The summed E-state index contributed by atoms with van der Waals surface area (Å²) in [4.78, 5) is 12.0. The highest BCUT2D eigenvalue weighted by Crippen LogP contribution is 2.38. The highest BCUT2D eigenvalue weighted by atomic mass is 35.5. The molecule has 0 aliphatic heterocycles. The van der Waals surface area contributed by atoms with Crippen LogP contribution in [-0.4, -0.2) is 23.4 Å². The molecule has 1 aromatic carbocycles. The Morgan fingerprint density at radius 2 is 2.11 bits per heavy atom. The average molecular weight is 286 g/mol. The lowest BCUT2D eigenvalue weighted by Gasteiger charge is -2.26. The van der Waals surface area contributed by atoms with E-state index in [2.05, 4.69) is 5.32 Å². The minimum absolute atomic E-state index is 0.0349. The van der Waals surface area contributed by atoms with Gasteiger partial charge in [-0.2, -0.15) is 0 Å². The van der Waals surface area contributed by atoms with Crippen LogP contribution < -0.4 is 5.32 Å². The number of phenols is 1. The molecule has 0 bridgehead atoms. The van der Waals surface area contributed by atoms with Gasteiger partial charge in [0.15, 0.2) is 0 Å². The van der Waals surface area contributed by atoms with Gasteiger partial charge in [-0.25, -0.2) is 4.39 Å². The highest BCUT2D eigenvalue weighted by Gasteiger charge is 2.33. The Hall–Kier alpha value is -1.29. The minimum Gasteiger partial charge on any atom is -0.507 e. The molecule has 1 saturated carbocycles.